The molecule has 0 saturated carbocycles. The Balaban J connectivity index is 1.33. The first-order chi connectivity index (χ1) is 15.6. The van der Waals surface area contributed by atoms with Crippen molar-refractivity contribution in [1.29, 1.82) is 0 Å². The van der Waals surface area contributed by atoms with Crippen molar-refractivity contribution in [3.8, 4) is 5.95 Å². The SMILES string of the molecule is Cc1c(/C=C/CN2CCN(c3ccccc3)CC2)cnn1-c1nccc(NCC(C)C)n1. The lowest BCUT2D eigenvalue weighted by molar-refractivity contribution is 0.284. The molecule has 1 aliphatic rings. The van der Waals surface area contributed by atoms with E-state index in [1.54, 1.807) is 10.9 Å². The van der Waals surface area contributed by atoms with Crippen LogP contribution >= 0.6 is 0 Å². The summed E-state index contributed by atoms with van der Waals surface area (Å²) in [4.78, 5) is 14.0. The minimum absolute atomic E-state index is 0.554. The summed E-state index contributed by atoms with van der Waals surface area (Å²) in [6, 6.07) is 12.6. The first-order valence-electron chi connectivity index (χ1n) is 11.4. The van der Waals surface area contributed by atoms with E-state index in [4.69, 9.17) is 0 Å². The Kier molecular flexibility index (Phi) is 7.17. The summed E-state index contributed by atoms with van der Waals surface area (Å²) in [5.74, 6) is 1.97. The number of anilines is 2. The maximum absolute atomic E-state index is 4.62. The molecule has 168 valence electrons. The zero-order valence-corrected chi connectivity index (χ0v) is 19.3. The molecule has 0 bridgehead atoms. The third-order valence-electron chi connectivity index (χ3n) is 5.73. The molecule has 1 N–H and O–H groups in total. The van der Waals surface area contributed by atoms with Crippen LogP contribution in [-0.4, -0.2) is 63.9 Å². The van der Waals surface area contributed by atoms with Gasteiger partial charge in [0.1, 0.15) is 5.82 Å². The van der Waals surface area contributed by atoms with E-state index in [0.29, 0.717) is 11.9 Å². The molecule has 32 heavy (non-hydrogen) atoms. The van der Waals surface area contributed by atoms with E-state index >= 15 is 0 Å². The number of para-hydroxylation sites is 1. The van der Waals surface area contributed by atoms with Crippen LogP contribution in [0.2, 0.25) is 0 Å². The van der Waals surface area contributed by atoms with Gasteiger partial charge in [0.05, 0.1) is 11.9 Å². The molecule has 3 aromatic rings. The van der Waals surface area contributed by atoms with E-state index in [2.05, 4.69) is 93.4 Å². The third-order valence-corrected chi connectivity index (χ3v) is 5.73. The van der Waals surface area contributed by atoms with Gasteiger partial charge in [-0.25, -0.2) is 9.67 Å². The van der Waals surface area contributed by atoms with Gasteiger partial charge in [0.25, 0.3) is 5.95 Å². The summed E-state index contributed by atoms with van der Waals surface area (Å²) in [5, 5.41) is 7.87. The van der Waals surface area contributed by atoms with Gasteiger partial charge < -0.3 is 10.2 Å². The number of benzene rings is 1. The second-order valence-corrected chi connectivity index (χ2v) is 8.64. The van der Waals surface area contributed by atoms with E-state index in [0.717, 1.165) is 56.3 Å². The van der Waals surface area contributed by atoms with Gasteiger partial charge in [-0.15, -0.1) is 0 Å². The van der Waals surface area contributed by atoms with Crippen LogP contribution in [0.25, 0.3) is 12.0 Å². The molecule has 0 spiro atoms. The molecule has 7 nitrogen and oxygen atoms in total. The number of aromatic nitrogens is 4. The molecule has 3 heterocycles. The number of hydrogen-bond acceptors (Lipinski definition) is 6. The van der Waals surface area contributed by atoms with Crippen LogP contribution in [-0.2, 0) is 0 Å². The standard InChI is InChI=1S/C25H33N7/c1-20(2)18-27-24-11-12-26-25(29-24)32-21(3)22(19-28-32)8-7-13-30-14-16-31(17-15-30)23-9-5-4-6-10-23/h4-12,19-20H,13-18H2,1-3H3,(H,26,27,29)/b8-7+. The number of hydrogen-bond donors (Lipinski definition) is 1. The summed E-state index contributed by atoms with van der Waals surface area (Å²) in [6.07, 6.45) is 8.05. The maximum Gasteiger partial charge on any atom is 0.252 e. The topological polar surface area (TPSA) is 62.1 Å². The lowest BCUT2D eigenvalue weighted by atomic mass is 10.2. The summed E-state index contributed by atoms with van der Waals surface area (Å²) >= 11 is 0. The van der Waals surface area contributed by atoms with Crippen LogP contribution in [0.4, 0.5) is 11.5 Å². The molecule has 1 aromatic carbocycles. The zero-order chi connectivity index (χ0) is 22.3. The Morgan fingerprint density at radius 1 is 1.06 bits per heavy atom. The molecule has 0 atom stereocenters. The first kappa shape index (κ1) is 22.0. The lowest BCUT2D eigenvalue weighted by Crippen LogP contribution is -2.46. The fourth-order valence-electron chi connectivity index (χ4n) is 3.80. The number of rotatable bonds is 8. The Hall–Kier alpha value is -3.19. The van der Waals surface area contributed by atoms with Crippen LogP contribution in [0.1, 0.15) is 25.1 Å². The van der Waals surface area contributed by atoms with E-state index in [1.807, 2.05) is 12.3 Å². The third kappa shape index (κ3) is 5.53. The van der Waals surface area contributed by atoms with Crippen LogP contribution in [0.3, 0.4) is 0 Å². The van der Waals surface area contributed by atoms with Gasteiger partial charge in [-0.2, -0.15) is 10.1 Å². The van der Waals surface area contributed by atoms with Crippen LogP contribution in [0.15, 0.2) is 54.9 Å². The summed E-state index contributed by atoms with van der Waals surface area (Å²) in [7, 11) is 0. The molecular weight excluding hydrogens is 398 g/mol. The molecule has 7 heteroatoms. The zero-order valence-electron chi connectivity index (χ0n) is 19.3. The predicted molar refractivity (Wildman–Crippen MR) is 131 cm³/mol. The molecule has 0 aliphatic carbocycles. The van der Waals surface area contributed by atoms with Crippen molar-refractivity contribution in [2.75, 3.05) is 49.5 Å². The van der Waals surface area contributed by atoms with Gasteiger partial charge >= 0.3 is 0 Å². The van der Waals surface area contributed by atoms with Crippen molar-refractivity contribution in [3.05, 3.63) is 66.1 Å². The molecular formula is C25H33N7. The van der Waals surface area contributed by atoms with Gasteiger partial charge in [-0.3, -0.25) is 4.90 Å². The average molecular weight is 432 g/mol. The van der Waals surface area contributed by atoms with Gasteiger partial charge in [0, 0.05) is 56.7 Å². The number of nitrogens with one attached hydrogen (secondary N) is 1. The number of nitrogens with zero attached hydrogens (tertiary/aromatic N) is 6. The first-order valence-corrected chi connectivity index (χ1v) is 11.4. The highest BCUT2D eigenvalue weighted by Crippen LogP contribution is 2.17. The van der Waals surface area contributed by atoms with Crippen LogP contribution in [0.5, 0.6) is 0 Å². The molecule has 1 aliphatic heterocycles. The minimum Gasteiger partial charge on any atom is -0.370 e. The van der Waals surface area contributed by atoms with E-state index in [9.17, 15) is 0 Å². The second kappa shape index (κ2) is 10.4. The highest BCUT2D eigenvalue weighted by molar-refractivity contribution is 5.52. The number of piperazine rings is 1. The van der Waals surface area contributed by atoms with E-state index in [-0.39, 0.29) is 0 Å². The Morgan fingerprint density at radius 3 is 2.59 bits per heavy atom. The fourth-order valence-corrected chi connectivity index (χ4v) is 3.80. The van der Waals surface area contributed by atoms with Crippen molar-refractivity contribution in [3.63, 3.8) is 0 Å². The summed E-state index contributed by atoms with van der Waals surface area (Å²) < 4.78 is 1.80. The Bertz CT molecular complexity index is 1020. The second-order valence-electron chi connectivity index (χ2n) is 8.64. The van der Waals surface area contributed by atoms with Crippen LogP contribution < -0.4 is 10.2 Å². The van der Waals surface area contributed by atoms with E-state index in [1.165, 1.54) is 5.69 Å². The molecule has 2 aromatic heterocycles. The highest BCUT2D eigenvalue weighted by atomic mass is 15.4. The average Bonchev–Trinajstić information content (AvgIpc) is 3.19. The quantitative estimate of drug-likeness (QED) is 0.584. The normalized spacial score (nSPS) is 15.1. The maximum atomic E-state index is 4.62. The van der Waals surface area contributed by atoms with Crippen molar-refractivity contribution in [2.45, 2.75) is 20.8 Å². The largest absolute Gasteiger partial charge is 0.370 e. The summed E-state index contributed by atoms with van der Waals surface area (Å²) in [6.45, 7) is 12.5. The van der Waals surface area contributed by atoms with Crippen molar-refractivity contribution in [2.24, 2.45) is 5.92 Å². The van der Waals surface area contributed by atoms with Gasteiger partial charge in [-0.05, 0) is 31.0 Å². The molecule has 1 saturated heterocycles. The van der Waals surface area contributed by atoms with Crippen molar-refractivity contribution >= 4 is 17.6 Å². The van der Waals surface area contributed by atoms with Gasteiger partial charge in [0.2, 0.25) is 0 Å². The molecule has 0 unspecified atom stereocenters. The summed E-state index contributed by atoms with van der Waals surface area (Å²) in [5.41, 5.74) is 3.45. The minimum atomic E-state index is 0.554. The molecule has 0 amide bonds. The van der Waals surface area contributed by atoms with Gasteiger partial charge in [0.15, 0.2) is 0 Å². The smallest absolute Gasteiger partial charge is 0.252 e. The Labute approximate surface area is 190 Å². The fraction of sp³-hybridized carbons (Fsp3) is 0.400. The van der Waals surface area contributed by atoms with Crippen molar-refractivity contribution < 1.29 is 0 Å². The predicted octanol–water partition coefficient (Wildman–Crippen LogP) is 3.87. The van der Waals surface area contributed by atoms with Gasteiger partial charge in [-0.1, -0.05) is 44.2 Å². The monoisotopic (exact) mass is 431 g/mol. The highest BCUT2D eigenvalue weighted by Gasteiger charge is 2.16. The van der Waals surface area contributed by atoms with E-state index < -0.39 is 0 Å². The molecule has 4 rings (SSSR count). The van der Waals surface area contributed by atoms with Crippen molar-refractivity contribution in [1.82, 2.24) is 24.6 Å². The Morgan fingerprint density at radius 2 is 1.84 bits per heavy atom. The molecule has 0 radical (unpaired) electrons. The lowest BCUT2D eigenvalue weighted by Gasteiger charge is -2.35. The molecule has 1 fully saturated rings. The van der Waals surface area contributed by atoms with Crippen LogP contribution in [0, 0.1) is 12.8 Å².